The van der Waals surface area contributed by atoms with Gasteiger partial charge >= 0.3 is 0 Å². The molecule has 0 aliphatic carbocycles. The first-order valence-electron chi connectivity index (χ1n) is 39.0. The van der Waals surface area contributed by atoms with Gasteiger partial charge in [-0.1, -0.05) is 284 Å². The number of allylic oxidation sites excluding steroid dienone is 16. The molecular weight excluding hydrogens is 1260 g/mol. The third-order valence-corrected chi connectivity index (χ3v) is 18.9. The summed E-state index contributed by atoms with van der Waals surface area (Å²) in [6.07, 6.45) is 53.7. The Labute approximate surface area is 596 Å². The highest BCUT2D eigenvalue weighted by molar-refractivity contribution is 5.76. The molecule has 17 unspecified atom stereocenters. The summed E-state index contributed by atoms with van der Waals surface area (Å²) in [5.74, 6) is -0.244. The Morgan fingerprint density at radius 1 is 0.374 bits per heavy atom. The molecule has 0 radical (unpaired) electrons. The second-order valence-corrected chi connectivity index (χ2v) is 27.4. The standard InChI is InChI=1S/C80H139NO18/c1-3-5-7-9-11-13-15-17-18-19-20-21-22-23-24-25-26-27-28-29-30-31-32-33-34-35-36-37-38-39-40-41-42-43-44-46-48-50-52-54-56-58-68(86)81-63(64(85)57-55-53-51-49-47-45-16-14-12-10-8-6-4-2)62-94-78-74(92)71(89)76(66(60-83)96-78)99-80-75(93)72(90)77(67(61-84)97-80)98-79-73(91)70(88)69(87)65(59-82)95-79/h5,7,11,13,17-18,20-21,23-24,26-27,29-30,32-33,63-67,69-80,82-85,87-93H,3-4,6,8-10,12,14-16,19,22,25,28,31,34-62H2,1-2H3,(H,81,86)/b7-5-,13-11-,18-17-,21-20-,24-23-,27-26-,30-29-,33-32-. The molecule has 99 heavy (non-hydrogen) atoms. The molecule has 3 saturated heterocycles. The van der Waals surface area contributed by atoms with Crippen molar-refractivity contribution >= 4 is 5.91 Å². The zero-order chi connectivity index (χ0) is 71.8. The highest BCUT2D eigenvalue weighted by atomic mass is 16.8. The van der Waals surface area contributed by atoms with E-state index >= 15 is 0 Å². The van der Waals surface area contributed by atoms with E-state index in [9.17, 15) is 61.0 Å². The lowest BCUT2D eigenvalue weighted by Crippen LogP contribution is -2.66. The number of amides is 1. The molecule has 3 aliphatic rings. The average molecular weight is 1400 g/mol. The highest BCUT2D eigenvalue weighted by Crippen LogP contribution is 2.33. The molecule has 0 spiro atoms. The molecule has 19 heteroatoms. The first kappa shape index (κ1) is 89.9. The van der Waals surface area contributed by atoms with Gasteiger partial charge in [0.05, 0.1) is 38.6 Å². The van der Waals surface area contributed by atoms with Crippen LogP contribution in [0, 0.1) is 0 Å². The molecule has 572 valence electrons. The third kappa shape index (κ3) is 40.5. The monoisotopic (exact) mass is 1400 g/mol. The number of aliphatic hydroxyl groups is 11. The molecule has 0 bridgehead atoms. The van der Waals surface area contributed by atoms with E-state index in [0.717, 1.165) is 96.3 Å². The van der Waals surface area contributed by atoms with Crippen molar-refractivity contribution in [2.24, 2.45) is 0 Å². The van der Waals surface area contributed by atoms with Crippen LogP contribution in [0.4, 0.5) is 0 Å². The van der Waals surface area contributed by atoms with Crippen LogP contribution in [0.15, 0.2) is 97.2 Å². The second-order valence-electron chi connectivity index (χ2n) is 27.4. The van der Waals surface area contributed by atoms with Gasteiger partial charge in [-0.25, -0.2) is 0 Å². The van der Waals surface area contributed by atoms with Crippen molar-refractivity contribution in [2.75, 3.05) is 26.4 Å². The number of unbranched alkanes of at least 4 members (excludes halogenated alkanes) is 28. The van der Waals surface area contributed by atoms with Crippen LogP contribution in [0.2, 0.25) is 0 Å². The lowest BCUT2D eigenvalue weighted by Gasteiger charge is -2.48. The Balaban J connectivity index is 1.29. The number of carbonyl (C=O) groups excluding carboxylic acids is 1. The van der Waals surface area contributed by atoms with E-state index in [1.54, 1.807) is 0 Å². The van der Waals surface area contributed by atoms with Crippen molar-refractivity contribution in [2.45, 2.75) is 375 Å². The van der Waals surface area contributed by atoms with Crippen LogP contribution >= 0.6 is 0 Å². The predicted octanol–water partition coefficient (Wildman–Crippen LogP) is 12.4. The van der Waals surface area contributed by atoms with Gasteiger partial charge in [0.25, 0.3) is 0 Å². The van der Waals surface area contributed by atoms with Crippen LogP contribution in [-0.4, -0.2) is 193 Å². The molecule has 0 aromatic heterocycles. The van der Waals surface area contributed by atoms with Gasteiger partial charge in [-0.3, -0.25) is 4.79 Å². The maximum absolute atomic E-state index is 13.4. The van der Waals surface area contributed by atoms with E-state index in [1.165, 1.54) is 141 Å². The minimum Gasteiger partial charge on any atom is -0.394 e. The minimum absolute atomic E-state index is 0.244. The summed E-state index contributed by atoms with van der Waals surface area (Å²) in [5, 5.41) is 121. The molecule has 3 fully saturated rings. The van der Waals surface area contributed by atoms with Crippen LogP contribution in [0.3, 0.4) is 0 Å². The van der Waals surface area contributed by atoms with E-state index in [0.29, 0.717) is 12.8 Å². The summed E-state index contributed by atoms with van der Waals surface area (Å²) >= 11 is 0. The Morgan fingerprint density at radius 2 is 0.697 bits per heavy atom. The topological polar surface area (TPSA) is 307 Å². The van der Waals surface area contributed by atoms with Gasteiger partial charge in [0, 0.05) is 6.42 Å². The van der Waals surface area contributed by atoms with Gasteiger partial charge in [-0.05, 0) is 77.0 Å². The highest BCUT2D eigenvalue weighted by Gasteiger charge is 2.54. The van der Waals surface area contributed by atoms with Crippen LogP contribution in [0.1, 0.15) is 271 Å². The maximum Gasteiger partial charge on any atom is 0.220 e. The van der Waals surface area contributed by atoms with Crippen molar-refractivity contribution in [1.82, 2.24) is 5.32 Å². The molecular formula is C80H139NO18. The van der Waals surface area contributed by atoms with E-state index in [2.05, 4.69) is 116 Å². The van der Waals surface area contributed by atoms with E-state index in [4.69, 9.17) is 28.4 Å². The summed E-state index contributed by atoms with van der Waals surface area (Å²) in [6, 6.07) is -0.890. The largest absolute Gasteiger partial charge is 0.394 e. The Hall–Kier alpha value is -3.29. The Bertz CT molecular complexity index is 2170. The molecule has 17 atom stereocenters. The molecule has 19 nitrogen and oxygen atoms in total. The molecule has 3 rings (SSSR count). The number of ether oxygens (including phenoxy) is 6. The summed E-state index contributed by atoms with van der Waals surface area (Å²) < 4.78 is 34.4. The molecule has 0 aromatic rings. The van der Waals surface area contributed by atoms with Crippen LogP contribution in [0.25, 0.3) is 0 Å². The fraction of sp³-hybridized carbons (Fsp3) is 0.787. The number of aliphatic hydroxyl groups excluding tert-OH is 11. The second kappa shape index (κ2) is 60.0. The molecule has 3 heterocycles. The molecule has 12 N–H and O–H groups in total. The number of hydrogen-bond acceptors (Lipinski definition) is 18. The fourth-order valence-electron chi connectivity index (χ4n) is 12.7. The third-order valence-electron chi connectivity index (χ3n) is 18.9. The SMILES string of the molecule is CC/C=C\C/C=C\C/C=C\C/C=C\C/C=C\C/C=C\C/C=C\C/C=C\CCCCCCCCCCCCCCCCCCC(=O)NC(COC1OC(CO)C(OC2OC(CO)C(OC3OC(CO)C(O)C(O)C3O)C(O)C2O)C(O)C1O)C(O)CCCCCCCCCCCCCCC. The fourth-order valence-corrected chi connectivity index (χ4v) is 12.7. The number of nitrogens with one attached hydrogen (secondary N) is 1. The van der Waals surface area contributed by atoms with Gasteiger partial charge in [0.15, 0.2) is 18.9 Å². The molecule has 1 amide bonds. The van der Waals surface area contributed by atoms with Gasteiger partial charge in [0.1, 0.15) is 73.2 Å². The van der Waals surface area contributed by atoms with Crippen molar-refractivity contribution < 1.29 is 89.4 Å². The van der Waals surface area contributed by atoms with Crippen molar-refractivity contribution in [3.63, 3.8) is 0 Å². The predicted molar refractivity (Wildman–Crippen MR) is 392 cm³/mol. The normalized spacial score (nSPS) is 27.1. The number of carbonyl (C=O) groups is 1. The smallest absolute Gasteiger partial charge is 0.220 e. The summed E-state index contributed by atoms with van der Waals surface area (Å²) in [6.45, 7) is 1.68. The molecule has 0 saturated carbocycles. The van der Waals surface area contributed by atoms with Crippen LogP contribution < -0.4 is 5.32 Å². The zero-order valence-electron chi connectivity index (χ0n) is 60.9. The van der Waals surface area contributed by atoms with Gasteiger partial charge in [0.2, 0.25) is 5.91 Å². The van der Waals surface area contributed by atoms with E-state index in [1.807, 2.05) is 0 Å². The first-order chi connectivity index (χ1) is 48.3. The summed E-state index contributed by atoms with van der Waals surface area (Å²) in [7, 11) is 0. The molecule has 3 aliphatic heterocycles. The van der Waals surface area contributed by atoms with Crippen molar-refractivity contribution in [3.05, 3.63) is 97.2 Å². The summed E-state index contributed by atoms with van der Waals surface area (Å²) in [5.41, 5.74) is 0. The zero-order valence-corrected chi connectivity index (χ0v) is 60.9. The van der Waals surface area contributed by atoms with Crippen molar-refractivity contribution in [1.29, 1.82) is 0 Å². The Morgan fingerprint density at radius 3 is 1.09 bits per heavy atom. The Kier molecular flexibility index (Phi) is 54.5. The lowest BCUT2D eigenvalue weighted by atomic mass is 9.96. The molecule has 0 aromatic carbocycles. The minimum atomic E-state index is -1.97. The van der Waals surface area contributed by atoms with Gasteiger partial charge < -0.3 is 89.9 Å². The van der Waals surface area contributed by atoms with Gasteiger partial charge in [-0.2, -0.15) is 0 Å². The summed E-state index contributed by atoms with van der Waals surface area (Å²) in [4.78, 5) is 13.4. The number of rotatable bonds is 60. The van der Waals surface area contributed by atoms with Crippen molar-refractivity contribution in [3.8, 4) is 0 Å². The van der Waals surface area contributed by atoms with E-state index in [-0.39, 0.29) is 18.9 Å². The number of hydrogen-bond donors (Lipinski definition) is 12. The first-order valence-corrected chi connectivity index (χ1v) is 39.0. The lowest BCUT2D eigenvalue weighted by molar-refractivity contribution is -0.379. The average Bonchev–Trinajstić information content (AvgIpc) is 0.785. The van der Waals surface area contributed by atoms with Crippen LogP contribution in [0.5, 0.6) is 0 Å². The van der Waals surface area contributed by atoms with Gasteiger partial charge in [-0.15, -0.1) is 0 Å². The van der Waals surface area contributed by atoms with Crippen LogP contribution in [-0.2, 0) is 33.2 Å². The van der Waals surface area contributed by atoms with E-state index < -0.39 is 124 Å². The maximum atomic E-state index is 13.4. The quantitative estimate of drug-likeness (QED) is 0.0199.